The summed E-state index contributed by atoms with van der Waals surface area (Å²) in [5.74, 6) is 0. The van der Waals surface area contributed by atoms with Gasteiger partial charge in [-0.1, -0.05) is 19.3 Å². The first-order valence-corrected chi connectivity index (χ1v) is 6.21. The summed E-state index contributed by atoms with van der Waals surface area (Å²) in [6.07, 6.45) is 7.30. The highest BCUT2D eigenvalue weighted by Gasteiger charge is 2.28. The van der Waals surface area contributed by atoms with Crippen molar-refractivity contribution in [1.29, 1.82) is 0 Å². The summed E-state index contributed by atoms with van der Waals surface area (Å²) < 4.78 is 0. The number of hydrogen-bond donors (Lipinski definition) is 0. The third-order valence-electron chi connectivity index (χ3n) is 3.93. The molecule has 0 radical (unpaired) electrons. The van der Waals surface area contributed by atoms with Gasteiger partial charge in [-0.3, -0.25) is 4.90 Å². The molecular weight excluding hydrogens is 172 g/mol. The summed E-state index contributed by atoms with van der Waals surface area (Å²) in [7, 11) is 2.24. The van der Waals surface area contributed by atoms with Crippen LogP contribution in [-0.4, -0.2) is 48.6 Å². The van der Waals surface area contributed by atoms with Crippen molar-refractivity contribution in [2.75, 3.05) is 26.7 Å². The lowest BCUT2D eigenvalue weighted by Gasteiger charge is -2.44. The van der Waals surface area contributed by atoms with Crippen LogP contribution >= 0.6 is 0 Å². The largest absolute Gasteiger partial charge is 0.304 e. The first-order valence-electron chi connectivity index (χ1n) is 6.21. The summed E-state index contributed by atoms with van der Waals surface area (Å²) in [5.41, 5.74) is 0. The highest BCUT2D eigenvalue weighted by Crippen LogP contribution is 2.25. The van der Waals surface area contributed by atoms with E-state index >= 15 is 0 Å². The summed E-state index contributed by atoms with van der Waals surface area (Å²) in [6.45, 7) is 6.21. The van der Waals surface area contributed by atoms with E-state index in [2.05, 4.69) is 23.8 Å². The normalized spacial score (nSPS) is 33.4. The zero-order chi connectivity index (χ0) is 9.97. The number of nitrogens with zero attached hydrogens (tertiary/aromatic N) is 2. The van der Waals surface area contributed by atoms with Gasteiger partial charge in [0.05, 0.1) is 0 Å². The predicted molar refractivity (Wildman–Crippen MR) is 60.5 cm³/mol. The second-order valence-electron chi connectivity index (χ2n) is 5.14. The minimum atomic E-state index is 0.775. The van der Waals surface area contributed by atoms with Crippen molar-refractivity contribution in [1.82, 2.24) is 9.80 Å². The molecule has 0 aromatic heterocycles. The molecule has 14 heavy (non-hydrogen) atoms. The van der Waals surface area contributed by atoms with Gasteiger partial charge in [0, 0.05) is 31.7 Å². The molecule has 1 unspecified atom stereocenters. The first-order chi connectivity index (χ1) is 6.77. The topological polar surface area (TPSA) is 6.48 Å². The second-order valence-corrected chi connectivity index (χ2v) is 5.14. The van der Waals surface area contributed by atoms with Crippen molar-refractivity contribution in [2.45, 2.75) is 51.1 Å². The molecule has 2 fully saturated rings. The Morgan fingerprint density at radius 2 is 1.71 bits per heavy atom. The Balaban J connectivity index is 1.89. The maximum Gasteiger partial charge on any atom is 0.0198 e. The van der Waals surface area contributed by atoms with E-state index in [0.717, 1.165) is 12.1 Å². The second kappa shape index (κ2) is 4.63. The SMILES string of the molecule is CC1CN(C)CCN1C1CCCCC1. The lowest BCUT2D eigenvalue weighted by molar-refractivity contribution is 0.0457. The van der Waals surface area contributed by atoms with Crippen molar-refractivity contribution < 1.29 is 0 Å². The van der Waals surface area contributed by atoms with Gasteiger partial charge in [0.1, 0.15) is 0 Å². The van der Waals surface area contributed by atoms with Crippen molar-refractivity contribution in [3.8, 4) is 0 Å². The molecule has 0 aromatic rings. The Morgan fingerprint density at radius 1 is 1.00 bits per heavy atom. The highest BCUT2D eigenvalue weighted by molar-refractivity contribution is 4.84. The summed E-state index contributed by atoms with van der Waals surface area (Å²) >= 11 is 0. The highest BCUT2D eigenvalue weighted by atomic mass is 15.3. The molecule has 1 heterocycles. The van der Waals surface area contributed by atoms with E-state index in [1.54, 1.807) is 0 Å². The Labute approximate surface area is 88.3 Å². The number of hydrogen-bond acceptors (Lipinski definition) is 2. The molecule has 1 aliphatic heterocycles. The van der Waals surface area contributed by atoms with Gasteiger partial charge in [0.2, 0.25) is 0 Å². The van der Waals surface area contributed by atoms with Crippen molar-refractivity contribution in [2.24, 2.45) is 0 Å². The smallest absolute Gasteiger partial charge is 0.0198 e. The van der Waals surface area contributed by atoms with Crippen LogP contribution in [0.2, 0.25) is 0 Å². The van der Waals surface area contributed by atoms with E-state index < -0.39 is 0 Å². The molecule has 2 aliphatic rings. The van der Waals surface area contributed by atoms with Gasteiger partial charge in [-0.25, -0.2) is 0 Å². The quantitative estimate of drug-likeness (QED) is 0.632. The molecule has 1 saturated carbocycles. The molecular formula is C12H24N2. The zero-order valence-electron chi connectivity index (χ0n) is 9.71. The zero-order valence-corrected chi connectivity index (χ0v) is 9.71. The minimum Gasteiger partial charge on any atom is -0.304 e. The average molecular weight is 196 g/mol. The lowest BCUT2D eigenvalue weighted by atomic mass is 9.92. The van der Waals surface area contributed by atoms with Crippen LogP contribution in [0.25, 0.3) is 0 Å². The standard InChI is InChI=1S/C12H24N2/c1-11-10-13(2)8-9-14(11)12-6-4-3-5-7-12/h11-12H,3-10H2,1-2H3. The molecule has 0 bridgehead atoms. The average Bonchev–Trinajstić information content (AvgIpc) is 2.19. The summed E-state index contributed by atoms with van der Waals surface area (Å²) in [6, 6.07) is 1.68. The maximum atomic E-state index is 2.76. The van der Waals surface area contributed by atoms with Crippen LogP contribution in [0.3, 0.4) is 0 Å². The van der Waals surface area contributed by atoms with Crippen LogP contribution in [0, 0.1) is 0 Å². The third kappa shape index (κ3) is 2.29. The van der Waals surface area contributed by atoms with Gasteiger partial charge >= 0.3 is 0 Å². The van der Waals surface area contributed by atoms with Crippen LogP contribution in [0.5, 0.6) is 0 Å². The molecule has 0 spiro atoms. The summed E-state index contributed by atoms with van der Waals surface area (Å²) in [4.78, 5) is 5.23. The molecule has 82 valence electrons. The van der Waals surface area contributed by atoms with Gasteiger partial charge < -0.3 is 4.90 Å². The first kappa shape index (κ1) is 10.4. The molecule has 2 heteroatoms. The minimum absolute atomic E-state index is 0.775. The van der Waals surface area contributed by atoms with Crippen molar-refractivity contribution in [3.63, 3.8) is 0 Å². The van der Waals surface area contributed by atoms with E-state index in [9.17, 15) is 0 Å². The van der Waals surface area contributed by atoms with Crippen LogP contribution in [0.4, 0.5) is 0 Å². The lowest BCUT2D eigenvalue weighted by Crippen LogP contribution is -2.54. The monoisotopic (exact) mass is 196 g/mol. The van der Waals surface area contributed by atoms with Gasteiger partial charge in [-0.05, 0) is 26.8 Å². The molecule has 0 aromatic carbocycles. The fraction of sp³-hybridized carbons (Fsp3) is 1.00. The fourth-order valence-electron chi connectivity index (χ4n) is 3.11. The fourth-order valence-corrected chi connectivity index (χ4v) is 3.11. The Hall–Kier alpha value is -0.0800. The number of likely N-dealkylation sites (N-methyl/N-ethyl adjacent to an activating group) is 1. The summed E-state index contributed by atoms with van der Waals surface area (Å²) in [5, 5.41) is 0. The van der Waals surface area contributed by atoms with Crippen molar-refractivity contribution >= 4 is 0 Å². The Bertz CT molecular complexity index is 175. The van der Waals surface area contributed by atoms with E-state index in [1.165, 1.54) is 51.7 Å². The van der Waals surface area contributed by atoms with E-state index in [-0.39, 0.29) is 0 Å². The van der Waals surface area contributed by atoms with Crippen LogP contribution in [-0.2, 0) is 0 Å². The van der Waals surface area contributed by atoms with Gasteiger partial charge in [0.25, 0.3) is 0 Å². The molecule has 0 N–H and O–H groups in total. The van der Waals surface area contributed by atoms with E-state index in [0.29, 0.717) is 0 Å². The molecule has 1 saturated heterocycles. The van der Waals surface area contributed by atoms with Gasteiger partial charge in [-0.2, -0.15) is 0 Å². The maximum absolute atomic E-state index is 2.76. The van der Waals surface area contributed by atoms with Gasteiger partial charge in [0.15, 0.2) is 0 Å². The molecule has 2 nitrogen and oxygen atoms in total. The van der Waals surface area contributed by atoms with Crippen molar-refractivity contribution in [3.05, 3.63) is 0 Å². The van der Waals surface area contributed by atoms with E-state index in [1.807, 2.05) is 0 Å². The van der Waals surface area contributed by atoms with Crippen LogP contribution in [0.15, 0.2) is 0 Å². The predicted octanol–water partition coefficient (Wildman–Crippen LogP) is 1.95. The van der Waals surface area contributed by atoms with Gasteiger partial charge in [-0.15, -0.1) is 0 Å². The Morgan fingerprint density at radius 3 is 2.36 bits per heavy atom. The molecule has 1 aliphatic carbocycles. The number of piperazine rings is 1. The van der Waals surface area contributed by atoms with Crippen LogP contribution < -0.4 is 0 Å². The molecule has 2 rings (SSSR count). The number of rotatable bonds is 1. The van der Waals surface area contributed by atoms with E-state index in [4.69, 9.17) is 0 Å². The van der Waals surface area contributed by atoms with Crippen LogP contribution in [0.1, 0.15) is 39.0 Å². The molecule has 0 amide bonds. The molecule has 1 atom stereocenters. The third-order valence-corrected chi connectivity index (χ3v) is 3.93. The Kier molecular flexibility index (Phi) is 3.45.